The van der Waals surface area contributed by atoms with E-state index in [1.54, 1.807) is 23.8 Å². The maximum atomic E-state index is 14.5. The first-order valence-corrected chi connectivity index (χ1v) is 28.9. The fraction of sp³-hybridized carbons (Fsp3) is 0.763. The number of carbonyl (C=O) groups is 8. The van der Waals surface area contributed by atoms with E-state index in [4.69, 9.17) is 28.4 Å². The van der Waals surface area contributed by atoms with Crippen molar-refractivity contribution in [2.45, 2.75) is 182 Å². The second kappa shape index (κ2) is 36.3. The van der Waals surface area contributed by atoms with Crippen molar-refractivity contribution in [3.05, 3.63) is 35.9 Å². The number of likely N-dealkylation sites (N-methyl/N-ethyl adjacent to an activating group) is 2. The molecule has 0 spiro atoms. The minimum absolute atomic E-state index is 0.00318. The van der Waals surface area contributed by atoms with Crippen LogP contribution in [0.15, 0.2) is 30.3 Å². The number of aliphatic hydroxyl groups excluding tert-OH is 1. The number of nitrogens with one attached hydrogen (secondary N) is 5. The topological polar surface area (TPSA) is 282 Å². The van der Waals surface area contributed by atoms with Gasteiger partial charge in [-0.1, -0.05) is 106 Å². The number of alkyl carbamates (subject to hydrolysis) is 1. The maximum absolute atomic E-state index is 14.5. The van der Waals surface area contributed by atoms with Crippen LogP contribution >= 0.6 is 0 Å². The molecule has 1 heterocycles. The minimum atomic E-state index is -1.01. The largest absolute Gasteiger partial charge is 0.464 e. The zero-order valence-corrected chi connectivity index (χ0v) is 52.2. The molecule has 0 aliphatic carbocycles. The van der Waals surface area contributed by atoms with E-state index < -0.39 is 102 Å². The van der Waals surface area contributed by atoms with Crippen molar-refractivity contribution < 1.29 is 71.9 Å². The number of rotatable bonds is 36. The average molecular weight is 1160 g/mol. The lowest BCUT2D eigenvalue weighted by Gasteiger charge is -2.41. The molecule has 2 rings (SSSR count). The van der Waals surface area contributed by atoms with Gasteiger partial charge in [-0.2, -0.15) is 0 Å². The molecule has 12 atom stereocenters. The van der Waals surface area contributed by atoms with E-state index in [9.17, 15) is 43.5 Å². The summed E-state index contributed by atoms with van der Waals surface area (Å²) in [4.78, 5) is 113. The van der Waals surface area contributed by atoms with Crippen molar-refractivity contribution in [2.24, 2.45) is 29.1 Å². The Balaban J connectivity index is 2.06. The highest BCUT2D eigenvalue weighted by molar-refractivity contribution is 5.91. The zero-order valence-electron chi connectivity index (χ0n) is 52.2. The van der Waals surface area contributed by atoms with Gasteiger partial charge in [0.25, 0.3) is 0 Å². The van der Waals surface area contributed by atoms with E-state index in [1.807, 2.05) is 112 Å². The lowest BCUT2D eigenvalue weighted by Crippen LogP contribution is -2.59. The third kappa shape index (κ3) is 23.3. The molecule has 6 N–H and O–H groups in total. The number of carbonyl (C=O) groups excluding carboxylic acids is 8. The molecular weight excluding hydrogens is 1060 g/mol. The molecule has 0 aromatic heterocycles. The van der Waals surface area contributed by atoms with Crippen molar-refractivity contribution in [3.63, 3.8) is 0 Å². The first-order chi connectivity index (χ1) is 38.6. The van der Waals surface area contributed by atoms with Gasteiger partial charge in [-0.15, -0.1) is 0 Å². The Morgan fingerprint density at radius 1 is 0.793 bits per heavy atom. The van der Waals surface area contributed by atoms with Crippen molar-refractivity contribution in [2.75, 3.05) is 81.9 Å². The van der Waals surface area contributed by atoms with Crippen LogP contribution in [0.25, 0.3) is 0 Å². The summed E-state index contributed by atoms with van der Waals surface area (Å²) in [5.41, 5.74) is 0.406. The van der Waals surface area contributed by atoms with Crippen LogP contribution in [-0.2, 0) is 68.4 Å². The maximum Gasteiger partial charge on any atom is 0.407 e. The number of nitrogens with zero attached hydrogens (tertiary/aromatic N) is 3. The van der Waals surface area contributed by atoms with E-state index in [0.717, 1.165) is 5.56 Å². The van der Waals surface area contributed by atoms with Gasteiger partial charge in [0.05, 0.1) is 62.0 Å². The lowest BCUT2D eigenvalue weighted by atomic mass is 9.89. The van der Waals surface area contributed by atoms with Crippen LogP contribution in [0.4, 0.5) is 4.79 Å². The van der Waals surface area contributed by atoms with Crippen LogP contribution in [-0.4, -0.2) is 210 Å². The molecule has 468 valence electrons. The molecule has 1 fully saturated rings. The molecule has 1 aromatic rings. The first kappa shape index (κ1) is 72.6. The third-order valence-corrected chi connectivity index (χ3v) is 15.1. The van der Waals surface area contributed by atoms with Gasteiger partial charge < -0.3 is 69.9 Å². The van der Waals surface area contributed by atoms with Crippen LogP contribution in [0.3, 0.4) is 0 Å². The number of ether oxygens (including phenoxy) is 6. The van der Waals surface area contributed by atoms with Crippen molar-refractivity contribution in [1.82, 2.24) is 41.3 Å². The summed E-state index contributed by atoms with van der Waals surface area (Å²) in [5, 5.41) is 23.4. The number of hydrogen-bond donors (Lipinski definition) is 6. The van der Waals surface area contributed by atoms with Crippen LogP contribution in [0.2, 0.25) is 0 Å². The monoisotopic (exact) mass is 1160 g/mol. The van der Waals surface area contributed by atoms with Crippen LogP contribution < -0.4 is 26.6 Å². The summed E-state index contributed by atoms with van der Waals surface area (Å²) in [7, 11) is 9.77. The van der Waals surface area contributed by atoms with E-state index in [2.05, 4.69) is 26.6 Å². The number of amides is 7. The van der Waals surface area contributed by atoms with Gasteiger partial charge in [-0.25, -0.2) is 9.59 Å². The Labute approximate surface area is 488 Å². The summed E-state index contributed by atoms with van der Waals surface area (Å²) in [6.45, 7) is 20.4. The summed E-state index contributed by atoms with van der Waals surface area (Å²) in [6.07, 6.45) is -1.70. The minimum Gasteiger partial charge on any atom is -0.464 e. The average Bonchev–Trinajstić information content (AvgIpc) is 3.91. The molecule has 1 aliphatic heterocycles. The molecule has 1 saturated heterocycles. The van der Waals surface area contributed by atoms with Gasteiger partial charge in [0.1, 0.15) is 24.7 Å². The number of methoxy groups -OCH3 is 3. The Morgan fingerprint density at radius 2 is 1.45 bits per heavy atom. The van der Waals surface area contributed by atoms with Gasteiger partial charge in [-0.05, 0) is 69.0 Å². The van der Waals surface area contributed by atoms with Gasteiger partial charge in [0, 0.05) is 60.9 Å². The molecule has 2 unspecified atom stereocenters. The molecule has 0 radical (unpaired) electrons. The summed E-state index contributed by atoms with van der Waals surface area (Å²) < 4.78 is 33.5. The standard InChI is InChI=1S/C59H102N8O15/c1-18-38(6)51(66(14)56(74)49(36(2)3)64-55(73)50(37(4)5)65(12)13)44(77-15)33-47(70)67-30-22-26-43(67)52(79-17)39(7)53(71)63-42(32-41-24-20-19-21-25-41)54(72)60-28-23-31-80-57(75)40(8)62-46(69)27-29-61-58(76)81-35-48(78-16)82-45(34-68)59(9,10)11/h19-21,24-25,36-40,42-45,48-52,68H,18,22-23,26-35H2,1-17H3,(H,60,72)(H,61,76)(H,62,69)(H,63,71)(H,64,73)/t38-,39+,40-,42+,43-,44+,45?,48?,49-,50-,51-,52+/m0/s1. The predicted molar refractivity (Wildman–Crippen MR) is 310 cm³/mol. The fourth-order valence-electron chi connectivity index (χ4n) is 10.2. The molecular formula is C59H102N8O15. The smallest absolute Gasteiger partial charge is 0.407 e. The van der Waals surface area contributed by atoms with E-state index >= 15 is 0 Å². The molecule has 82 heavy (non-hydrogen) atoms. The van der Waals surface area contributed by atoms with Gasteiger partial charge in [0.2, 0.25) is 35.4 Å². The van der Waals surface area contributed by atoms with E-state index in [0.29, 0.717) is 25.8 Å². The molecule has 23 heteroatoms. The Hall–Kier alpha value is -5.46. The highest BCUT2D eigenvalue weighted by Crippen LogP contribution is 2.30. The molecule has 1 aliphatic rings. The third-order valence-electron chi connectivity index (χ3n) is 15.1. The number of likely N-dealkylation sites (tertiary alicyclic amines) is 1. The van der Waals surface area contributed by atoms with Crippen LogP contribution in [0.1, 0.15) is 120 Å². The number of benzene rings is 1. The zero-order chi connectivity index (χ0) is 62.0. The number of hydrogen-bond acceptors (Lipinski definition) is 16. The second-order valence-electron chi connectivity index (χ2n) is 23.4. The molecule has 1 aromatic carbocycles. The first-order valence-electron chi connectivity index (χ1n) is 28.9. The van der Waals surface area contributed by atoms with Crippen LogP contribution in [0, 0.1) is 29.1 Å². The quantitative estimate of drug-likeness (QED) is 0.0319. The normalized spacial score (nSPS) is 17.7. The highest BCUT2D eigenvalue weighted by Gasteiger charge is 2.44. The SMILES string of the molecule is CC[C@H](C)[C@@H]([C@@H](CC(=O)N1CCC[C@H]1[C@H](OC)[C@@H](C)C(=O)N[C@H](Cc1ccccc1)C(=O)NCCCOC(=O)[C@H](C)NC(=O)CCNC(=O)OCC(OC)OC(CO)C(C)(C)C)OC)N(C)C(=O)[C@@H](NC(=O)[C@H](C(C)C)N(C)C)C(C)C. The van der Waals surface area contributed by atoms with Crippen molar-refractivity contribution in [3.8, 4) is 0 Å². The molecule has 0 bridgehead atoms. The summed E-state index contributed by atoms with van der Waals surface area (Å²) in [5.74, 6) is -4.03. The van der Waals surface area contributed by atoms with Crippen LogP contribution in [0.5, 0.6) is 0 Å². The van der Waals surface area contributed by atoms with E-state index in [-0.39, 0.29) is 94.1 Å². The van der Waals surface area contributed by atoms with Gasteiger partial charge in [-0.3, -0.25) is 33.7 Å². The summed E-state index contributed by atoms with van der Waals surface area (Å²) in [6, 6.07) is 4.91. The molecule has 7 amide bonds. The number of aliphatic hydroxyl groups is 1. The fourth-order valence-corrected chi connectivity index (χ4v) is 10.2. The Kier molecular flexibility index (Phi) is 32.2. The summed E-state index contributed by atoms with van der Waals surface area (Å²) >= 11 is 0. The highest BCUT2D eigenvalue weighted by atomic mass is 16.7. The lowest BCUT2D eigenvalue weighted by molar-refractivity contribution is -0.203. The predicted octanol–water partition coefficient (Wildman–Crippen LogP) is 3.43. The van der Waals surface area contributed by atoms with Crippen molar-refractivity contribution >= 4 is 47.5 Å². The van der Waals surface area contributed by atoms with E-state index in [1.165, 1.54) is 28.3 Å². The molecule has 0 saturated carbocycles. The Bertz CT molecular complexity index is 2140. The van der Waals surface area contributed by atoms with Gasteiger partial charge in [0.15, 0.2) is 6.29 Å². The number of esters is 1. The van der Waals surface area contributed by atoms with Crippen molar-refractivity contribution in [1.29, 1.82) is 0 Å². The Morgan fingerprint density at radius 3 is 2.00 bits per heavy atom. The molecule has 23 nitrogen and oxygen atoms in total. The van der Waals surface area contributed by atoms with Gasteiger partial charge >= 0.3 is 12.1 Å². The second-order valence-corrected chi connectivity index (χ2v) is 23.4.